The molecule has 2 amide bonds. The molecule has 8 heteroatoms. The standard InChI is InChI=1S/C20H16Cl2FN3O2/c21-10-5-4-9-7-20(19(28)25-13(9)6-10)16(11-2-1-3-12(22)17(11)23)15-14(26-20)8-24-18(15)27/h1-6,14-16,26H,7-8H2,(H,24,27)(H,25,28)/t14-,15+,16-,20+/m0/s1. The van der Waals surface area contributed by atoms with Crippen molar-refractivity contribution >= 4 is 40.7 Å². The Labute approximate surface area is 170 Å². The molecular weight excluding hydrogens is 404 g/mol. The summed E-state index contributed by atoms with van der Waals surface area (Å²) in [5, 5.41) is 9.56. The van der Waals surface area contributed by atoms with Crippen molar-refractivity contribution in [2.45, 2.75) is 23.9 Å². The van der Waals surface area contributed by atoms with Crippen LogP contribution in [0.2, 0.25) is 10.0 Å². The van der Waals surface area contributed by atoms with E-state index >= 15 is 4.39 Å². The number of amides is 2. The molecule has 0 radical (unpaired) electrons. The van der Waals surface area contributed by atoms with Gasteiger partial charge in [-0.3, -0.25) is 14.9 Å². The van der Waals surface area contributed by atoms with Crippen molar-refractivity contribution in [1.29, 1.82) is 0 Å². The molecule has 3 heterocycles. The number of halogens is 3. The Bertz CT molecular complexity index is 1030. The predicted molar refractivity (Wildman–Crippen MR) is 104 cm³/mol. The molecule has 144 valence electrons. The number of hydrogen-bond donors (Lipinski definition) is 3. The number of nitrogens with one attached hydrogen (secondary N) is 3. The van der Waals surface area contributed by atoms with Crippen LogP contribution in [-0.2, 0) is 16.0 Å². The Morgan fingerprint density at radius 2 is 1.96 bits per heavy atom. The van der Waals surface area contributed by atoms with Crippen molar-refractivity contribution in [2.75, 3.05) is 11.9 Å². The molecule has 4 atom stereocenters. The minimum absolute atomic E-state index is 0.0297. The Morgan fingerprint density at radius 3 is 2.79 bits per heavy atom. The number of benzene rings is 2. The fourth-order valence-electron chi connectivity index (χ4n) is 4.91. The third-order valence-corrected chi connectivity index (χ3v) is 6.60. The van der Waals surface area contributed by atoms with Gasteiger partial charge in [0.2, 0.25) is 11.8 Å². The molecule has 3 aliphatic rings. The zero-order chi connectivity index (χ0) is 19.6. The Hall–Kier alpha value is -2.15. The van der Waals surface area contributed by atoms with E-state index in [-0.39, 0.29) is 28.4 Å². The van der Waals surface area contributed by atoms with Crippen molar-refractivity contribution in [3.05, 3.63) is 63.4 Å². The maximum atomic E-state index is 15.0. The van der Waals surface area contributed by atoms with E-state index in [1.165, 1.54) is 6.07 Å². The third kappa shape index (κ3) is 2.41. The molecule has 2 saturated heterocycles. The lowest BCUT2D eigenvalue weighted by Crippen LogP contribution is -2.60. The van der Waals surface area contributed by atoms with Crippen molar-refractivity contribution in [1.82, 2.24) is 10.6 Å². The van der Waals surface area contributed by atoms with Crippen LogP contribution >= 0.6 is 23.2 Å². The molecule has 0 unspecified atom stereocenters. The van der Waals surface area contributed by atoms with Gasteiger partial charge in [0.1, 0.15) is 11.4 Å². The summed E-state index contributed by atoms with van der Waals surface area (Å²) in [6, 6.07) is 9.73. The van der Waals surface area contributed by atoms with Crippen LogP contribution in [0.4, 0.5) is 10.1 Å². The first kappa shape index (κ1) is 17.9. The van der Waals surface area contributed by atoms with Gasteiger partial charge in [0.25, 0.3) is 0 Å². The van der Waals surface area contributed by atoms with E-state index in [4.69, 9.17) is 23.2 Å². The molecule has 5 nitrogen and oxygen atoms in total. The van der Waals surface area contributed by atoms with Gasteiger partial charge in [-0.15, -0.1) is 0 Å². The van der Waals surface area contributed by atoms with Gasteiger partial charge in [0.15, 0.2) is 0 Å². The maximum absolute atomic E-state index is 15.0. The van der Waals surface area contributed by atoms with E-state index in [1.54, 1.807) is 24.3 Å². The van der Waals surface area contributed by atoms with E-state index in [0.717, 1.165) is 5.56 Å². The van der Waals surface area contributed by atoms with Gasteiger partial charge < -0.3 is 10.6 Å². The summed E-state index contributed by atoms with van der Waals surface area (Å²) >= 11 is 12.1. The summed E-state index contributed by atoms with van der Waals surface area (Å²) < 4.78 is 15.0. The predicted octanol–water partition coefficient (Wildman–Crippen LogP) is 2.87. The van der Waals surface area contributed by atoms with Gasteiger partial charge in [-0.05, 0) is 29.3 Å². The highest BCUT2D eigenvalue weighted by atomic mass is 35.5. The molecule has 1 spiro atoms. The summed E-state index contributed by atoms with van der Waals surface area (Å²) in [4.78, 5) is 25.9. The highest BCUT2D eigenvalue weighted by molar-refractivity contribution is 6.31. The number of carbonyl (C=O) groups is 2. The zero-order valence-electron chi connectivity index (χ0n) is 14.6. The number of carbonyl (C=O) groups excluding carboxylic acids is 2. The van der Waals surface area contributed by atoms with E-state index in [0.29, 0.717) is 23.7 Å². The lowest BCUT2D eigenvalue weighted by atomic mass is 9.70. The Kier molecular flexibility index (Phi) is 3.95. The number of rotatable bonds is 1. The summed E-state index contributed by atoms with van der Waals surface area (Å²) in [7, 11) is 0. The Balaban J connectivity index is 1.69. The van der Waals surface area contributed by atoms with Crippen molar-refractivity contribution < 1.29 is 14.0 Å². The first-order valence-corrected chi connectivity index (χ1v) is 9.75. The topological polar surface area (TPSA) is 70.2 Å². The third-order valence-electron chi connectivity index (χ3n) is 6.08. The van der Waals surface area contributed by atoms with Crippen molar-refractivity contribution in [3.8, 4) is 0 Å². The lowest BCUT2D eigenvalue weighted by molar-refractivity contribution is -0.125. The zero-order valence-corrected chi connectivity index (χ0v) is 16.1. The number of hydrogen-bond acceptors (Lipinski definition) is 3. The fourth-order valence-corrected chi connectivity index (χ4v) is 5.26. The van der Waals surface area contributed by atoms with Crippen LogP contribution in [0.5, 0.6) is 0 Å². The summed E-state index contributed by atoms with van der Waals surface area (Å²) in [5.74, 6) is -2.33. The smallest absolute Gasteiger partial charge is 0.245 e. The van der Waals surface area contributed by atoms with Crippen LogP contribution in [0.25, 0.3) is 0 Å². The summed E-state index contributed by atoms with van der Waals surface area (Å²) in [5.41, 5.74) is 0.637. The van der Waals surface area contributed by atoms with Gasteiger partial charge in [-0.1, -0.05) is 41.4 Å². The molecule has 0 aliphatic carbocycles. The van der Waals surface area contributed by atoms with E-state index in [2.05, 4.69) is 16.0 Å². The second-order valence-electron chi connectivity index (χ2n) is 7.55. The normalized spacial score (nSPS) is 30.8. The monoisotopic (exact) mass is 419 g/mol. The van der Waals surface area contributed by atoms with Crippen LogP contribution in [0.3, 0.4) is 0 Å². The van der Waals surface area contributed by atoms with Gasteiger partial charge in [-0.25, -0.2) is 4.39 Å². The van der Waals surface area contributed by atoms with Crippen molar-refractivity contribution in [2.24, 2.45) is 5.92 Å². The minimum atomic E-state index is -1.15. The molecule has 2 aromatic carbocycles. The largest absolute Gasteiger partial charge is 0.354 e. The van der Waals surface area contributed by atoms with Crippen LogP contribution in [0, 0.1) is 11.7 Å². The molecule has 0 bridgehead atoms. The quantitative estimate of drug-likeness (QED) is 0.665. The van der Waals surface area contributed by atoms with Gasteiger partial charge in [-0.2, -0.15) is 0 Å². The molecular formula is C20H16Cl2FN3O2. The van der Waals surface area contributed by atoms with Gasteiger partial charge >= 0.3 is 0 Å². The van der Waals surface area contributed by atoms with Gasteiger partial charge in [0.05, 0.1) is 10.9 Å². The molecule has 2 aromatic rings. The highest BCUT2D eigenvalue weighted by Gasteiger charge is 2.63. The molecule has 0 aromatic heterocycles. The first-order valence-electron chi connectivity index (χ1n) is 9.00. The molecule has 3 N–H and O–H groups in total. The molecule has 2 fully saturated rings. The lowest BCUT2D eigenvalue weighted by Gasteiger charge is -2.40. The maximum Gasteiger partial charge on any atom is 0.245 e. The van der Waals surface area contributed by atoms with E-state index < -0.39 is 23.2 Å². The molecule has 0 saturated carbocycles. The molecule has 5 rings (SSSR count). The van der Waals surface area contributed by atoms with Crippen LogP contribution in [0.1, 0.15) is 17.0 Å². The van der Waals surface area contributed by atoms with Gasteiger partial charge in [0, 0.05) is 35.6 Å². The van der Waals surface area contributed by atoms with Crippen LogP contribution in [-0.4, -0.2) is 29.9 Å². The van der Waals surface area contributed by atoms with Crippen molar-refractivity contribution in [3.63, 3.8) is 0 Å². The van der Waals surface area contributed by atoms with E-state index in [9.17, 15) is 9.59 Å². The molecule has 28 heavy (non-hydrogen) atoms. The highest BCUT2D eigenvalue weighted by Crippen LogP contribution is 2.50. The fraction of sp³-hybridized carbons (Fsp3) is 0.300. The first-order chi connectivity index (χ1) is 13.4. The Morgan fingerprint density at radius 1 is 1.14 bits per heavy atom. The van der Waals surface area contributed by atoms with Crippen LogP contribution in [0.15, 0.2) is 36.4 Å². The average Bonchev–Trinajstić information content (AvgIpc) is 3.16. The SMILES string of the molecule is O=C1NC[C@@H]2N[C@]3(Cc4ccc(Cl)cc4NC3=O)[C@@H](c3cccc(Cl)c3F)[C@H]12. The summed E-state index contributed by atoms with van der Waals surface area (Å²) in [6.45, 7) is 0.394. The van der Waals surface area contributed by atoms with E-state index in [1.807, 2.05) is 6.07 Å². The second-order valence-corrected chi connectivity index (χ2v) is 8.39. The number of fused-ring (bicyclic) bond motifs is 2. The summed E-state index contributed by atoms with van der Waals surface area (Å²) in [6.07, 6.45) is 0.322. The number of anilines is 1. The van der Waals surface area contributed by atoms with Crippen LogP contribution < -0.4 is 16.0 Å². The minimum Gasteiger partial charge on any atom is -0.354 e. The average molecular weight is 420 g/mol. The second kappa shape index (κ2) is 6.17. The molecule has 3 aliphatic heterocycles.